The van der Waals surface area contributed by atoms with E-state index in [4.69, 9.17) is 123 Å². The third kappa shape index (κ3) is 16.6. The van der Waals surface area contributed by atoms with Gasteiger partial charge in [-0.2, -0.15) is 0 Å². The summed E-state index contributed by atoms with van der Waals surface area (Å²) in [6, 6.07) is 32.5. The molecule has 0 aromatic heterocycles. The summed E-state index contributed by atoms with van der Waals surface area (Å²) in [6.45, 7) is 12.9. The van der Waals surface area contributed by atoms with Crippen LogP contribution in [0.1, 0.15) is 93.8 Å². The Morgan fingerprint density at radius 1 is 0.355 bits per heavy atom. The fraction of sp³-hybridized carbons (Fsp3) is 0.617. The molecule has 124 heavy (non-hydrogen) atoms. The number of ether oxygens (including phenoxy) is 26. The molecule has 0 bridgehead atoms. The molecule has 4 aromatic carbocycles. The van der Waals surface area contributed by atoms with Crippen molar-refractivity contribution in [1.29, 1.82) is 0 Å². The first-order valence-electron chi connectivity index (χ1n) is 40.1. The number of aliphatic hydroxyl groups excluding tert-OH is 8. The average molecular weight is 1750 g/mol. The van der Waals surface area contributed by atoms with Crippen molar-refractivity contribution < 1.29 is 208 Å². The van der Waals surface area contributed by atoms with Gasteiger partial charge in [0, 0.05) is 16.7 Å². The number of hydrogen-bond donors (Lipinski definition) is 10. The standard InChI is InChI=1S/C15H16O7.C15H16O6.C13H12O6.C13H14O6.C9H12O7.C9H12O6.C7H10O5/c1-6-3-4-7(5-8(6)18-2)14-21-12-11-10(20-15(12)22-14)9(16)13(17)19-11;1-2-7-3-5-8(6-4-7)14-20-12-11-10(19-15(12)21-14)9(16)13(17)18-11;14-7-8-9(16-11(7)15)10-13(17-8)19-12(18-10)6-4-2-1-3-5-6;14-8-10-11(18-12(8)16)9(15)13(19-10)17-6-7-4-2-1-3-5-7;1-8(2)15-4-3-5(14-6(4)16-8)9(11,12)7(10)13-3;1-9(2)14-6-5-4(13-8(6)15-9)3(10)7(11)12-5;1-2-3(8)5-6(11-2)4(9)7(10)12-5/h3-5,9-12,14-16H,1-2H3;3-6,9-12,14-16H,2H2,1H3;1-5,7-10,12-14H;1-5,8-11,13-15H,6H2;3-6,11-12H,1-2H3;3-6,8,10H,1-2H3;2-6,8-9H,1H3. The number of esters is 7. The Morgan fingerprint density at radius 3 is 1.18 bits per heavy atom. The van der Waals surface area contributed by atoms with Crippen LogP contribution in [0.15, 0.2) is 103 Å². The molecule has 37 atom stereocenters. The van der Waals surface area contributed by atoms with Crippen LogP contribution in [0.25, 0.3) is 0 Å². The second-order valence-corrected chi connectivity index (χ2v) is 32.7. The molecule has 674 valence electrons. The minimum atomic E-state index is -2.62. The quantitative estimate of drug-likeness (QED) is 0.0473. The number of hydrogen-bond acceptors (Lipinski definition) is 43. The van der Waals surface area contributed by atoms with Gasteiger partial charge in [0.1, 0.15) is 54.6 Å². The molecule has 23 rings (SSSR count). The number of carbonyl (C=O) groups is 7. The van der Waals surface area contributed by atoms with Gasteiger partial charge in [-0.15, -0.1) is 0 Å². The third-order valence-electron chi connectivity index (χ3n) is 23.5. The fourth-order valence-electron chi connectivity index (χ4n) is 17.1. The Bertz CT molecular complexity index is 4570. The maximum Gasteiger partial charge on any atom is 0.370 e. The zero-order valence-corrected chi connectivity index (χ0v) is 67.0. The van der Waals surface area contributed by atoms with Crippen LogP contribution in [0.4, 0.5) is 0 Å². The Balaban J connectivity index is 0.000000103. The molecule has 0 radical (unpaired) electrons. The second kappa shape index (κ2) is 34.5. The molecule has 43 nitrogen and oxygen atoms in total. The van der Waals surface area contributed by atoms with Crippen molar-refractivity contribution in [2.75, 3.05) is 7.11 Å². The van der Waals surface area contributed by atoms with Crippen molar-refractivity contribution in [1.82, 2.24) is 0 Å². The van der Waals surface area contributed by atoms with Crippen LogP contribution >= 0.6 is 0 Å². The summed E-state index contributed by atoms with van der Waals surface area (Å²) < 4.78 is 139. The van der Waals surface area contributed by atoms with Gasteiger partial charge >= 0.3 is 41.8 Å². The number of aryl methyl sites for hydroxylation is 2. The monoisotopic (exact) mass is 1750 g/mol. The fourth-order valence-corrected chi connectivity index (χ4v) is 17.1. The minimum absolute atomic E-state index is 0.270. The van der Waals surface area contributed by atoms with E-state index in [0.29, 0.717) is 0 Å². The Hall–Kier alpha value is -8.15. The highest BCUT2D eigenvalue weighted by atomic mass is 16.9. The molecule has 0 saturated carbocycles. The number of methoxy groups -OCH3 is 1. The normalized spacial score (nSPS) is 43.8. The average Bonchev–Trinajstić information content (AvgIpc) is 1.57. The molecule has 19 aliphatic rings. The van der Waals surface area contributed by atoms with Crippen LogP contribution in [-0.4, -0.2) is 326 Å². The maximum atomic E-state index is 11.4. The van der Waals surface area contributed by atoms with Gasteiger partial charge in [-0.3, -0.25) is 0 Å². The first-order chi connectivity index (χ1) is 59.0. The molecule has 0 amide bonds. The largest absolute Gasteiger partial charge is 0.496 e. The van der Waals surface area contributed by atoms with E-state index < -0.39 is 281 Å². The molecule has 43 heteroatoms. The van der Waals surface area contributed by atoms with Crippen LogP contribution < -0.4 is 4.74 Å². The lowest BCUT2D eigenvalue weighted by atomic mass is 10.1. The molecule has 10 N–H and O–H groups in total. The van der Waals surface area contributed by atoms with Gasteiger partial charge in [-0.05, 0) is 70.7 Å². The topological polar surface area (TPSA) is 562 Å². The molecule has 19 fully saturated rings. The van der Waals surface area contributed by atoms with Crippen molar-refractivity contribution in [2.24, 2.45) is 0 Å². The number of benzene rings is 4. The van der Waals surface area contributed by atoms with Gasteiger partial charge in [0.05, 0.1) is 19.8 Å². The SMILES string of the molecule is CC1(C)OC2OC3C(O)C(=O)OC3C2O1.CC1(C)OC2OC3C(OC(=O)C3(O)O)C2O1.CC1OC2C(O)C(=O)OC2C1O.CCc1ccc(C2OC3OC4C(O)C(=O)OC4C3O2)cc1.COc1cc(C2OC3OC4C(O)C(=O)OC4C3O2)ccc1C.O=C1OC2C(O)C(OCc3ccccc3)OC2C1O.O=C1OC2C3OC(c4ccccc4)OC3OC2C1O. The van der Waals surface area contributed by atoms with Crippen molar-refractivity contribution in [3.63, 3.8) is 0 Å². The van der Waals surface area contributed by atoms with Crippen molar-refractivity contribution in [3.8, 4) is 5.75 Å². The first kappa shape index (κ1) is 87.9. The molecule has 19 heterocycles. The van der Waals surface area contributed by atoms with Gasteiger partial charge in [0.2, 0.25) is 0 Å². The van der Waals surface area contributed by atoms with Crippen molar-refractivity contribution >= 4 is 41.8 Å². The van der Waals surface area contributed by atoms with Gasteiger partial charge in [0.25, 0.3) is 5.79 Å². The van der Waals surface area contributed by atoms with E-state index in [-0.39, 0.29) is 12.7 Å². The smallest absolute Gasteiger partial charge is 0.370 e. The molecule has 19 aliphatic heterocycles. The van der Waals surface area contributed by atoms with Gasteiger partial charge in [0.15, 0.2) is 184 Å². The van der Waals surface area contributed by atoms with Crippen LogP contribution in [-0.2, 0) is 165 Å². The van der Waals surface area contributed by atoms with Crippen molar-refractivity contribution in [2.45, 2.75) is 306 Å². The summed E-state index contributed by atoms with van der Waals surface area (Å²) in [4.78, 5) is 78.2. The lowest BCUT2D eigenvalue weighted by Gasteiger charge is -2.22. The zero-order valence-electron chi connectivity index (χ0n) is 67.0. The Labute approximate surface area is 702 Å². The highest BCUT2D eigenvalue weighted by molar-refractivity contribution is 5.82. The van der Waals surface area contributed by atoms with E-state index in [0.717, 1.165) is 40.0 Å². The van der Waals surface area contributed by atoms with Gasteiger partial charge < -0.3 is 174 Å². The summed E-state index contributed by atoms with van der Waals surface area (Å²) >= 11 is 0. The first-order valence-corrected chi connectivity index (χ1v) is 40.1. The summed E-state index contributed by atoms with van der Waals surface area (Å²) in [5.41, 5.74) is 5.75. The molecule has 19 saturated heterocycles. The predicted molar refractivity (Wildman–Crippen MR) is 388 cm³/mol. The highest BCUT2D eigenvalue weighted by Crippen LogP contribution is 2.50. The van der Waals surface area contributed by atoms with E-state index >= 15 is 0 Å². The summed E-state index contributed by atoms with van der Waals surface area (Å²) in [7, 11) is 1.60. The predicted octanol–water partition coefficient (Wildman–Crippen LogP) is -3.17. The summed E-state index contributed by atoms with van der Waals surface area (Å²) in [5.74, 6) is -8.71. The second-order valence-electron chi connectivity index (χ2n) is 32.7. The molecular weight excluding hydrogens is 1660 g/mol. The van der Waals surface area contributed by atoms with Crippen LogP contribution in [0, 0.1) is 6.92 Å². The highest BCUT2D eigenvalue weighted by Gasteiger charge is 2.71. The van der Waals surface area contributed by atoms with E-state index in [2.05, 4.69) is 6.92 Å². The van der Waals surface area contributed by atoms with Crippen molar-refractivity contribution in [3.05, 3.63) is 137 Å². The molecule has 4 aromatic rings. The summed E-state index contributed by atoms with van der Waals surface area (Å²) in [5, 5.41) is 95.3. The Kier molecular flexibility index (Phi) is 24.4. The number of rotatable bonds is 8. The lowest BCUT2D eigenvalue weighted by Crippen LogP contribution is -2.46. The van der Waals surface area contributed by atoms with Gasteiger partial charge in [-0.25, -0.2) is 33.6 Å². The Morgan fingerprint density at radius 2 is 0.734 bits per heavy atom. The van der Waals surface area contributed by atoms with E-state index in [9.17, 15) is 84.6 Å². The van der Waals surface area contributed by atoms with Crippen LogP contribution in [0.3, 0.4) is 0 Å². The summed E-state index contributed by atoms with van der Waals surface area (Å²) in [6.07, 6.45) is -27.6. The number of fused-ring (bicyclic) bond motifs is 17. The molecular formula is C81H92O43. The van der Waals surface area contributed by atoms with Crippen LogP contribution in [0.2, 0.25) is 0 Å². The minimum Gasteiger partial charge on any atom is -0.496 e. The molecule has 0 spiro atoms. The van der Waals surface area contributed by atoms with E-state index in [1.165, 1.54) is 5.56 Å². The van der Waals surface area contributed by atoms with Gasteiger partial charge in [-0.1, -0.05) is 104 Å². The van der Waals surface area contributed by atoms with E-state index in [1.54, 1.807) is 41.7 Å². The zero-order chi connectivity index (χ0) is 87.8. The number of carbonyl (C=O) groups excluding carboxylic acids is 7. The number of aliphatic hydroxyl groups is 10. The van der Waals surface area contributed by atoms with E-state index in [1.807, 2.05) is 110 Å². The molecule has 37 unspecified atom stereocenters. The lowest BCUT2D eigenvalue weighted by molar-refractivity contribution is -0.256. The third-order valence-corrected chi connectivity index (χ3v) is 23.5. The molecule has 0 aliphatic carbocycles. The maximum absolute atomic E-state index is 11.4. The van der Waals surface area contributed by atoms with Crippen LogP contribution in [0.5, 0.6) is 5.75 Å².